The molecule has 1 aliphatic heterocycles. The van der Waals surface area contributed by atoms with E-state index >= 15 is 0 Å². The minimum absolute atomic E-state index is 0.0745. The van der Waals surface area contributed by atoms with Crippen LogP contribution in [-0.2, 0) is 0 Å². The van der Waals surface area contributed by atoms with E-state index in [1.807, 2.05) is 0 Å². The van der Waals surface area contributed by atoms with Crippen molar-refractivity contribution < 1.29 is 9.72 Å². The van der Waals surface area contributed by atoms with Crippen LogP contribution in [0, 0.1) is 10.1 Å². The van der Waals surface area contributed by atoms with Gasteiger partial charge in [-0.1, -0.05) is 0 Å². The number of benzene rings is 1. The number of likely N-dealkylation sites (N-methyl/N-ethyl adjacent to an activating group) is 1. The highest BCUT2D eigenvalue weighted by atomic mass is 79.9. The molecule has 6 nitrogen and oxygen atoms in total. The lowest BCUT2D eigenvalue weighted by Crippen LogP contribution is -2.35. The van der Waals surface area contributed by atoms with Crippen LogP contribution in [0.2, 0.25) is 0 Å². The summed E-state index contributed by atoms with van der Waals surface area (Å²) >= 11 is 3.29. The standard InChI is InChI=1S/C14H18BrN3O3/c1-16(8-9-17-6-2-3-7-17)14(19)12-10-11(18(20)21)4-5-13(12)15/h4-5,10H,2-3,6-9H2,1H3. The first-order valence-corrected chi connectivity index (χ1v) is 7.70. The van der Waals surface area contributed by atoms with Crippen LogP contribution in [0.25, 0.3) is 0 Å². The van der Waals surface area contributed by atoms with E-state index in [1.54, 1.807) is 18.0 Å². The first kappa shape index (κ1) is 15.9. The Morgan fingerprint density at radius 1 is 1.43 bits per heavy atom. The summed E-state index contributed by atoms with van der Waals surface area (Å²) in [5, 5.41) is 10.8. The zero-order valence-corrected chi connectivity index (χ0v) is 13.5. The van der Waals surface area contributed by atoms with Crippen LogP contribution in [-0.4, -0.2) is 53.9 Å². The average Bonchev–Trinajstić information content (AvgIpc) is 2.97. The van der Waals surface area contributed by atoms with E-state index in [9.17, 15) is 14.9 Å². The Balaban J connectivity index is 2.03. The average molecular weight is 356 g/mol. The third kappa shape index (κ3) is 4.01. The van der Waals surface area contributed by atoms with Crippen LogP contribution >= 0.6 is 15.9 Å². The molecule has 0 unspecified atom stereocenters. The largest absolute Gasteiger partial charge is 0.340 e. The maximum absolute atomic E-state index is 12.4. The summed E-state index contributed by atoms with van der Waals surface area (Å²) in [7, 11) is 1.73. The van der Waals surface area contributed by atoms with Crippen LogP contribution in [0.3, 0.4) is 0 Å². The molecule has 114 valence electrons. The maximum Gasteiger partial charge on any atom is 0.270 e. The van der Waals surface area contributed by atoms with Gasteiger partial charge in [0.2, 0.25) is 0 Å². The van der Waals surface area contributed by atoms with Gasteiger partial charge in [0.1, 0.15) is 0 Å². The second-order valence-corrected chi connectivity index (χ2v) is 6.05. The van der Waals surface area contributed by atoms with Crippen molar-refractivity contribution in [2.75, 3.05) is 33.2 Å². The van der Waals surface area contributed by atoms with Crippen LogP contribution in [0.1, 0.15) is 23.2 Å². The summed E-state index contributed by atoms with van der Waals surface area (Å²) in [6.45, 7) is 3.63. The number of amides is 1. The molecule has 1 amide bonds. The van der Waals surface area contributed by atoms with Gasteiger partial charge in [-0.05, 0) is 47.9 Å². The zero-order chi connectivity index (χ0) is 15.4. The van der Waals surface area contributed by atoms with Crippen molar-refractivity contribution in [3.8, 4) is 0 Å². The van der Waals surface area contributed by atoms with Crippen molar-refractivity contribution in [2.24, 2.45) is 0 Å². The summed E-state index contributed by atoms with van der Waals surface area (Å²) in [6, 6.07) is 4.24. The molecular weight excluding hydrogens is 338 g/mol. The SMILES string of the molecule is CN(CCN1CCCC1)C(=O)c1cc([N+](=O)[O-])ccc1Br. The number of nitrogens with zero attached hydrogens (tertiary/aromatic N) is 3. The quantitative estimate of drug-likeness (QED) is 0.601. The molecule has 0 aromatic heterocycles. The number of nitro groups is 1. The van der Waals surface area contributed by atoms with Crippen LogP contribution in [0.5, 0.6) is 0 Å². The van der Waals surface area contributed by atoms with Gasteiger partial charge in [0.05, 0.1) is 10.5 Å². The number of halogens is 1. The number of rotatable bonds is 5. The third-order valence-electron chi connectivity index (χ3n) is 3.69. The van der Waals surface area contributed by atoms with Gasteiger partial charge in [0.25, 0.3) is 11.6 Å². The van der Waals surface area contributed by atoms with Gasteiger partial charge in [-0.15, -0.1) is 0 Å². The van der Waals surface area contributed by atoms with Crippen molar-refractivity contribution in [1.82, 2.24) is 9.80 Å². The van der Waals surface area contributed by atoms with E-state index < -0.39 is 4.92 Å². The Morgan fingerprint density at radius 2 is 2.10 bits per heavy atom. The van der Waals surface area contributed by atoms with E-state index in [4.69, 9.17) is 0 Å². The van der Waals surface area contributed by atoms with Crippen LogP contribution in [0.15, 0.2) is 22.7 Å². The maximum atomic E-state index is 12.4. The monoisotopic (exact) mass is 355 g/mol. The van der Waals surface area contributed by atoms with E-state index in [0.29, 0.717) is 16.6 Å². The predicted octanol–water partition coefficient (Wildman–Crippen LogP) is 2.53. The Kier molecular flexibility index (Phi) is 5.30. The van der Waals surface area contributed by atoms with Gasteiger partial charge in [-0.25, -0.2) is 0 Å². The van der Waals surface area contributed by atoms with E-state index in [-0.39, 0.29) is 11.6 Å². The Bertz CT molecular complexity index is 544. The van der Waals surface area contributed by atoms with Gasteiger partial charge in [0, 0.05) is 36.7 Å². The number of non-ortho nitro benzene ring substituents is 1. The second-order valence-electron chi connectivity index (χ2n) is 5.20. The first-order chi connectivity index (χ1) is 9.99. The van der Waals surface area contributed by atoms with Gasteiger partial charge < -0.3 is 9.80 Å². The Hall–Kier alpha value is -1.47. The van der Waals surface area contributed by atoms with Crippen molar-refractivity contribution in [3.63, 3.8) is 0 Å². The Labute approximate surface area is 132 Å². The number of hydrogen-bond donors (Lipinski definition) is 0. The molecule has 1 aromatic rings. The minimum Gasteiger partial charge on any atom is -0.340 e. The molecule has 0 saturated carbocycles. The fraction of sp³-hybridized carbons (Fsp3) is 0.500. The van der Waals surface area contributed by atoms with Crippen molar-refractivity contribution in [1.29, 1.82) is 0 Å². The normalized spacial score (nSPS) is 15.1. The lowest BCUT2D eigenvalue weighted by molar-refractivity contribution is -0.384. The molecule has 21 heavy (non-hydrogen) atoms. The highest BCUT2D eigenvalue weighted by molar-refractivity contribution is 9.10. The van der Waals surface area contributed by atoms with Crippen LogP contribution < -0.4 is 0 Å². The van der Waals surface area contributed by atoms with Crippen LogP contribution in [0.4, 0.5) is 5.69 Å². The number of likely N-dealkylation sites (tertiary alicyclic amines) is 1. The highest BCUT2D eigenvalue weighted by Crippen LogP contribution is 2.23. The molecule has 1 aromatic carbocycles. The molecular formula is C14H18BrN3O3. The van der Waals surface area contributed by atoms with Crippen molar-refractivity contribution >= 4 is 27.5 Å². The predicted molar refractivity (Wildman–Crippen MR) is 83.4 cm³/mol. The number of carbonyl (C=O) groups is 1. The van der Waals surface area contributed by atoms with Crippen molar-refractivity contribution in [2.45, 2.75) is 12.8 Å². The topological polar surface area (TPSA) is 66.7 Å². The summed E-state index contributed by atoms with van der Waals surface area (Å²) in [4.78, 5) is 26.7. The number of hydrogen-bond acceptors (Lipinski definition) is 4. The lowest BCUT2D eigenvalue weighted by Gasteiger charge is -2.22. The van der Waals surface area contributed by atoms with Crippen molar-refractivity contribution in [3.05, 3.63) is 38.3 Å². The van der Waals surface area contributed by atoms with E-state index in [1.165, 1.54) is 25.0 Å². The fourth-order valence-corrected chi connectivity index (χ4v) is 2.81. The molecule has 0 atom stereocenters. The highest BCUT2D eigenvalue weighted by Gasteiger charge is 2.20. The molecule has 2 rings (SSSR count). The lowest BCUT2D eigenvalue weighted by atomic mass is 10.2. The summed E-state index contributed by atoms with van der Waals surface area (Å²) < 4.78 is 0.575. The Morgan fingerprint density at radius 3 is 2.71 bits per heavy atom. The van der Waals surface area contributed by atoms with Gasteiger partial charge in [-0.2, -0.15) is 0 Å². The molecule has 0 aliphatic carbocycles. The summed E-state index contributed by atoms with van der Waals surface area (Å²) in [6.07, 6.45) is 2.43. The van der Waals surface area contributed by atoms with Gasteiger partial charge in [-0.3, -0.25) is 14.9 Å². The molecule has 0 bridgehead atoms. The molecule has 1 heterocycles. The second kappa shape index (κ2) is 7.00. The van der Waals surface area contributed by atoms with E-state index in [0.717, 1.165) is 19.6 Å². The first-order valence-electron chi connectivity index (χ1n) is 6.91. The summed E-state index contributed by atoms with van der Waals surface area (Å²) in [5.74, 6) is -0.204. The molecule has 1 saturated heterocycles. The zero-order valence-electron chi connectivity index (χ0n) is 11.9. The third-order valence-corrected chi connectivity index (χ3v) is 4.38. The smallest absolute Gasteiger partial charge is 0.270 e. The molecule has 7 heteroatoms. The number of carbonyl (C=O) groups excluding carboxylic acids is 1. The van der Waals surface area contributed by atoms with Gasteiger partial charge in [0.15, 0.2) is 0 Å². The molecule has 0 N–H and O–H groups in total. The molecule has 1 aliphatic rings. The molecule has 1 fully saturated rings. The van der Waals surface area contributed by atoms with Gasteiger partial charge >= 0.3 is 0 Å². The minimum atomic E-state index is -0.493. The summed E-state index contributed by atoms with van der Waals surface area (Å²) in [5.41, 5.74) is 0.252. The number of nitro benzene ring substituents is 1. The van der Waals surface area contributed by atoms with E-state index in [2.05, 4.69) is 20.8 Å². The molecule has 0 spiro atoms. The fourth-order valence-electron chi connectivity index (χ4n) is 2.40. The molecule has 0 radical (unpaired) electrons.